The van der Waals surface area contributed by atoms with Crippen molar-refractivity contribution in [1.82, 2.24) is 0 Å². The van der Waals surface area contributed by atoms with E-state index < -0.39 is 17.3 Å². The van der Waals surface area contributed by atoms with Gasteiger partial charge in [-0.15, -0.1) is 0 Å². The van der Waals surface area contributed by atoms with Crippen LogP contribution in [0.5, 0.6) is 0 Å². The number of ether oxygens (including phenoxy) is 1. The zero-order chi connectivity index (χ0) is 16.1. The van der Waals surface area contributed by atoms with Crippen LogP contribution in [0.25, 0.3) is 0 Å². The van der Waals surface area contributed by atoms with Crippen LogP contribution in [0.4, 0.5) is 18.9 Å². The van der Waals surface area contributed by atoms with E-state index in [9.17, 15) is 13.2 Å². The molecule has 0 bridgehead atoms. The van der Waals surface area contributed by atoms with Crippen molar-refractivity contribution >= 4 is 5.69 Å². The van der Waals surface area contributed by atoms with Crippen molar-refractivity contribution in [3.8, 4) is 0 Å². The van der Waals surface area contributed by atoms with Gasteiger partial charge in [-0.3, -0.25) is 0 Å². The lowest BCUT2D eigenvalue weighted by Crippen LogP contribution is -2.38. The first-order chi connectivity index (χ1) is 9.41. The van der Waals surface area contributed by atoms with E-state index in [-0.39, 0.29) is 17.2 Å². The number of hydrogen-bond acceptors (Lipinski definition) is 2. The molecule has 0 aliphatic carbocycles. The Labute approximate surface area is 123 Å². The van der Waals surface area contributed by atoms with Gasteiger partial charge in [0.2, 0.25) is 0 Å². The van der Waals surface area contributed by atoms with E-state index in [1.54, 1.807) is 6.07 Å². The third kappa shape index (κ3) is 3.51. The van der Waals surface area contributed by atoms with Gasteiger partial charge < -0.3 is 10.1 Å². The van der Waals surface area contributed by atoms with Crippen LogP contribution in [-0.2, 0) is 10.9 Å². The number of hydrogen-bond donors (Lipinski definition) is 1. The Bertz CT molecular complexity index is 535. The van der Waals surface area contributed by atoms with Crippen molar-refractivity contribution < 1.29 is 17.9 Å². The molecule has 5 heteroatoms. The summed E-state index contributed by atoms with van der Waals surface area (Å²) in [5.41, 5.74) is -0.586. The number of alkyl halides is 3. The van der Waals surface area contributed by atoms with Gasteiger partial charge in [0.25, 0.3) is 0 Å². The highest BCUT2D eigenvalue weighted by molar-refractivity contribution is 5.50. The van der Waals surface area contributed by atoms with Gasteiger partial charge in [0, 0.05) is 5.69 Å². The maximum atomic E-state index is 13.0. The summed E-state index contributed by atoms with van der Waals surface area (Å²) in [5.74, 6) is 0. The highest BCUT2D eigenvalue weighted by Gasteiger charge is 2.46. The van der Waals surface area contributed by atoms with Crippen LogP contribution in [0.1, 0.15) is 45.2 Å². The van der Waals surface area contributed by atoms with Crippen LogP contribution >= 0.6 is 0 Å². The molecule has 2 nitrogen and oxygen atoms in total. The molecule has 0 spiro atoms. The molecule has 21 heavy (non-hydrogen) atoms. The fourth-order valence-electron chi connectivity index (χ4n) is 3.01. The number of nitrogens with one attached hydrogen (secondary N) is 1. The Morgan fingerprint density at radius 1 is 1.19 bits per heavy atom. The molecule has 1 heterocycles. The Hall–Kier alpha value is -1.23. The second kappa shape index (κ2) is 4.90. The molecule has 1 atom stereocenters. The normalized spacial score (nSPS) is 24.1. The minimum Gasteiger partial charge on any atom is -0.379 e. The van der Waals surface area contributed by atoms with Crippen molar-refractivity contribution in [2.24, 2.45) is 0 Å². The van der Waals surface area contributed by atoms with Gasteiger partial charge in [-0.05, 0) is 58.7 Å². The van der Waals surface area contributed by atoms with Gasteiger partial charge in [-0.1, -0.05) is 6.07 Å². The van der Waals surface area contributed by atoms with Crippen molar-refractivity contribution in [1.29, 1.82) is 0 Å². The minimum atomic E-state index is -4.33. The number of aryl methyl sites for hydroxylation is 1. The summed E-state index contributed by atoms with van der Waals surface area (Å²) in [5, 5.41) is 3.20. The zero-order valence-electron chi connectivity index (χ0n) is 13.1. The molecule has 118 valence electrons. The van der Waals surface area contributed by atoms with E-state index >= 15 is 0 Å². The SMILES string of the molecule is Cc1ccc(NC2CC(C)(C)OC2(C)C)cc1C(F)(F)F. The predicted molar refractivity (Wildman–Crippen MR) is 77.5 cm³/mol. The molecule has 1 fully saturated rings. The van der Waals surface area contributed by atoms with Gasteiger partial charge in [-0.2, -0.15) is 13.2 Å². The third-order valence-corrected chi connectivity index (χ3v) is 3.96. The molecule has 1 aromatic carbocycles. The quantitative estimate of drug-likeness (QED) is 0.849. The monoisotopic (exact) mass is 301 g/mol. The van der Waals surface area contributed by atoms with Crippen LogP contribution in [0.15, 0.2) is 18.2 Å². The molecular formula is C16H22F3NO. The topological polar surface area (TPSA) is 21.3 Å². The molecule has 1 saturated heterocycles. The Kier molecular flexibility index (Phi) is 3.77. The van der Waals surface area contributed by atoms with E-state index in [0.717, 1.165) is 6.42 Å². The first-order valence-electron chi connectivity index (χ1n) is 7.05. The summed E-state index contributed by atoms with van der Waals surface area (Å²) >= 11 is 0. The lowest BCUT2D eigenvalue weighted by atomic mass is 9.94. The molecule has 0 aromatic heterocycles. The Morgan fingerprint density at radius 3 is 2.29 bits per heavy atom. The maximum absolute atomic E-state index is 13.0. The molecule has 1 unspecified atom stereocenters. The van der Waals surface area contributed by atoms with Gasteiger partial charge in [0.05, 0.1) is 22.8 Å². The van der Waals surface area contributed by atoms with Crippen LogP contribution in [-0.4, -0.2) is 17.2 Å². The molecule has 0 saturated carbocycles. The summed E-state index contributed by atoms with van der Waals surface area (Å²) in [4.78, 5) is 0. The van der Waals surface area contributed by atoms with E-state index in [1.165, 1.54) is 19.1 Å². The second-order valence-corrected chi connectivity index (χ2v) is 6.89. The standard InChI is InChI=1S/C16H22F3NO/c1-10-6-7-11(8-12(10)16(17,18)19)20-13-9-14(2,3)21-15(13,4)5/h6-8,13,20H,9H2,1-5H3. The maximum Gasteiger partial charge on any atom is 0.416 e. The fourth-order valence-corrected chi connectivity index (χ4v) is 3.01. The average molecular weight is 301 g/mol. The predicted octanol–water partition coefficient (Wildman–Crippen LogP) is 4.77. The van der Waals surface area contributed by atoms with Crippen LogP contribution in [0.2, 0.25) is 0 Å². The van der Waals surface area contributed by atoms with Gasteiger partial charge in [0.15, 0.2) is 0 Å². The molecule has 1 aliphatic heterocycles. The summed E-state index contributed by atoms with van der Waals surface area (Å²) in [6.07, 6.45) is -3.59. The largest absolute Gasteiger partial charge is 0.416 e. The van der Waals surface area contributed by atoms with Crippen molar-refractivity contribution in [3.05, 3.63) is 29.3 Å². The summed E-state index contributed by atoms with van der Waals surface area (Å²) < 4.78 is 44.9. The molecule has 2 rings (SSSR count). The van der Waals surface area contributed by atoms with Crippen molar-refractivity contribution in [3.63, 3.8) is 0 Å². The van der Waals surface area contributed by atoms with E-state index in [1.807, 2.05) is 27.7 Å². The van der Waals surface area contributed by atoms with E-state index in [4.69, 9.17) is 4.74 Å². The highest BCUT2D eigenvalue weighted by atomic mass is 19.4. The molecular weight excluding hydrogens is 279 g/mol. The van der Waals surface area contributed by atoms with Gasteiger partial charge in [-0.25, -0.2) is 0 Å². The smallest absolute Gasteiger partial charge is 0.379 e. The van der Waals surface area contributed by atoms with E-state index in [0.29, 0.717) is 5.69 Å². The zero-order valence-corrected chi connectivity index (χ0v) is 13.1. The molecule has 0 radical (unpaired) electrons. The Balaban J connectivity index is 2.25. The number of rotatable bonds is 2. The molecule has 1 aromatic rings. The summed E-state index contributed by atoms with van der Waals surface area (Å²) in [7, 11) is 0. The summed E-state index contributed by atoms with van der Waals surface area (Å²) in [6.45, 7) is 9.37. The van der Waals surface area contributed by atoms with Gasteiger partial charge in [0.1, 0.15) is 0 Å². The van der Waals surface area contributed by atoms with Crippen LogP contribution < -0.4 is 5.32 Å². The van der Waals surface area contributed by atoms with Crippen molar-refractivity contribution in [2.75, 3.05) is 5.32 Å². The fraction of sp³-hybridized carbons (Fsp3) is 0.625. The lowest BCUT2D eigenvalue weighted by Gasteiger charge is -2.28. The number of benzene rings is 1. The first kappa shape index (κ1) is 16.1. The highest BCUT2D eigenvalue weighted by Crippen LogP contribution is 2.40. The molecule has 1 aliphatic rings. The third-order valence-electron chi connectivity index (χ3n) is 3.96. The van der Waals surface area contributed by atoms with Crippen molar-refractivity contribution in [2.45, 2.75) is 64.5 Å². The number of halogens is 3. The molecule has 0 amide bonds. The summed E-state index contributed by atoms with van der Waals surface area (Å²) in [6, 6.07) is 4.33. The lowest BCUT2D eigenvalue weighted by molar-refractivity contribution is -0.138. The Morgan fingerprint density at radius 2 is 1.81 bits per heavy atom. The van der Waals surface area contributed by atoms with E-state index in [2.05, 4.69) is 5.32 Å². The average Bonchev–Trinajstić information content (AvgIpc) is 2.47. The molecule has 1 N–H and O–H groups in total. The van der Waals surface area contributed by atoms with Crippen LogP contribution in [0.3, 0.4) is 0 Å². The number of anilines is 1. The second-order valence-electron chi connectivity index (χ2n) is 6.89. The first-order valence-corrected chi connectivity index (χ1v) is 7.05. The van der Waals surface area contributed by atoms with Crippen LogP contribution in [0, 0.1) is 6.92 Å². The minimum absolute atomic E-state index is 0.0312. The van der Waals surface area contributed by atoms with Gasteiger partial charge >= 0.3 is 6.18 Å².